The number of aryl methyl sites for hydroxylation is 1. The van der Waals surface area contributed by atoms with Crippen LogP contribution in [0, 0.1) is 9.62 Å². The second-order valence-corrected chi connectivity index (χ2v) is 8.55. The van der Waals surface area contributed by atoms with Crippen molar-refractivity contribution in [2.24, 2.45) is 5.92 Å². The number of amides is 1. The smallest absolute Gasteiger partial charge is 0.410 e. The van der Waals surface area contributed by atoms with E-state index >= 15 is 0 Å². The molecular weight excluding hydrogens is 399 g/mol. The summed E-state index contributed by atoms with van der Waals surface area (Å²) in [4.78, 5) is 18.4. The van der Waals surface area contributed by atoms with Crippen LogP contribution >= 0.6 is 33.9 Å². The highest BCUT2D eigenvalue weighted by Gasteiger charge is 2.27. The van der Waals surface area contributed by atoms with Crippen molar-refractivity contribution in [2.75, 3.05) is 7.05 Å². The number of aromatic nitrogens is 1. The van der Waals surface area contributed by atoms with Crippen molar-refractivity contribution in [3.05, 3.63) is 14.1 Å². The molecule has 0 saturated carbocycles. The van der Waals surface area contributed by atoms with E-state index in [1.165, 1.54) is 0 Å². The molecule has 1 atom stereocenters. The SMILES string of the molecule is CC(C)[C@@H](CCc1nc(I)cs1)N(C)C(=O)OC(C)(C)C. The molecule has 4 nitrogen and oxygen atoms in total. The summed E-state index contributed by atoms with van der Waals surface area (Å²) >= 11 is 3.90. The van der Waals surface area contributed by atoms with Gasteiger partial charge in [0.25, 0.3) is 0 Å². The molecule has 21 heavy (non-hydrogen) atoms. The third kappa shape index (κ3) is 6.50. The second kappa shape index (κ2) is 7.76. The van der Waals surface area contributed by atoms with Crippen LogP contribution in [0.15, 0.2) is 5.38 Å². The summed E-state index contributed by atoms with van der Waals surface area (Å²) in [6.45, 7) is 9.94. The third-order valence-electron chi connectivity index (χ3n) is 3.13. The number of thiazole rings is 1. The van der Waals surface area contributed by atoms with E-state index in [-0.39, 0.29) is 12.1 Å². The molecule has 0 aliphatic carbocycles. The standard InChI is InChI=1S/C15H25IN2O2S/c1-10(2)11(7-8-13-17-12(16)9-21-13)18(6)14(19)20-15(3,4)5/h9-11H,7-8H2,1-6H3/t11-/m1/s1. The van der Waals surface area contributed by atoms with Gasteiger partial charge in [0.2, 0.25) is 0 Å². The van der Waals surface area contributed by atoms with Crippen molar-refractivity contribution < 1.29 is 9.53 Å². The highest BCUT2D eigenvalue weighted by atomic mass is 127. The zero-order valence-corrected chi connectivity index (χ0v) is 16.6. The average Bonchev–Trinajstić information content (AvgIpc) is 2.72. The highest BCUT2D eigenvalue weighted by molar-refractivity contribution is 14.1. The molecule has 1 rings (SSSR count). The number of hydrogen-bond acceptors (Lipinski definition) is 4. The maximum Gasteiger partial charge on any atom is 0.410 e. The molecule has 0 bridgehead atoms. The van der Waals surface area contributed by atoms with Gasteiger partial charge in [-0.3, -0.25) is 0 Å². The highest BCUT2D eigenvalue weighted by Crippen LogP contribution is 2.21. The van der Waals surface area contributed by atoms with Crippen molar-refractivity contribution in [1.82, 2.24) is 9.88 Å². The van der Waals surface area contributed by atoms with Gasteiger partial charge in [0.15, 0.2) is 0 Å². The molecule has 0 fully saturated rings. The Morgan fingerprint density at radius 1 is 1.48 bits per heavy atom. The number of carbonyl (C=O) groups is 1. The molecule has 6 heteroatoms. The maximum atomic E-state index is 12.2. The van der Waals surface area contributed by atoms with E-state index in [0.29, 0.717) is 5.92 Å². The monoisotopic (exact) mass is 424 g/mol. The quantitative estimate of drug-likeness (QED) is 0.651. The normalized spacial score (nSPS) is 13.3. The molecule has 0 spiro atoms. The summed E-state index contributed by atoms with van der Waals surface area (Å²) in [7, 11) is 1.82. The number of carbonyl (C=O) groups excluding carboxylic acids is 1. The third-order valence-corrected chi connectivity index (χ3v) is 5.01. The van der Waals surface area contributed by atoms with E-state index in [9.17, 15) is 4.79 Å². The second-order valence-electron chi connectivity index (χ2n) is 6.51. The lowest BCUT2D eigenvalue weighted by molar-refractivity contribution is 0.0170. The van der Waals surface area contributed by atoms with Crippen molar-refractivity contribution in [3.63, 3.8) is 0 Å². The first kappa shape index (κ1) is 18.7. The van der Waals surface area contributed by atoms with Crippen LogP contribution in [0.3, 0.4) is 0 Å². The van der Waals surface area contributed by atoms with Crippen LogP contribution in [0.4, 0.5) is 4.79 Å². The van der Waals surface area contributed by atoms with Crippen molar-refractivity contribution in [1.29, 1.82) is 0 Å². The number of hydrogen-bond donors (Lipinski definition) is 0. The van der Waals surface area contributed by atoms with Crippen molar-refractivity contribution in [2.45, 2.75) is 59.1 Å². The Bertz CT molecular complexity index is 468. The predicted octanol–water partition coefficient (Wildman–Crippen LogP) is 4.57. The van der Waals surface area contributed by atoms with Gasteiger partial charge in [-0.1, -0.05) is 13.8 Å². The predicted molar refractivity (Wildman–Crippen MR) is 95.8 cm³/mol. The summed E-state index contributed by atoms with van der Waals surface area (Å²) in [6.07, 6.45) is 1.54. The lowest BCUT2D eigenvalue weighted by atomic mass is 9.98. The fourth-order valence-corrected chi connectivity index (χ4v) is 3.63. The van der Waals surface area contributed by atoms with Gasteiger partial charge in [-0.2, -0.15) is 0 Å². The Morgan fingerprint density at radius 3 is 2.52 bits per heavy atom. The van der Waals surface area contributed by atoms with Crippen LogP contribution < -0.4 is 0 Å². The summed E-state index contributed by atoms with van der Waals surface area (Å²) in [6, 6.07) is 0.154. The van der Waals surface area contributed by atoms with Crippen LogP contribution in [-0.4, -0.2) is 34.7 Å². The van der Waals surface area contributed by atoms with Gasteiger partial charge in [0.05, 0.1) is 5.01 Å². The summed E-state index contributed by atoms with van der Waals surface area (Å²) in [5, 5.41) is 3.18. The minimum Gasteiger partial charge on any atom is -0.444 e. The van der Waals surface area contributed by atoms with Gasteiger partial charge in [-0.25, -0.2) is 9.78 Å². The zero-order chi connectivity index (χ0) is 16.2. The minimum absolute atomic E-state index is 0.154. The molecule has 0 saturated heterocycles. The molecule has 1 heterocycles. The summed E-state index contributed by atoms with van der Waals surface area (Å²) < 4.78 is 6.50. The van der Waals surface area contributed by atoms with E-state index in [2.05, 4.69) is 46.8 Å². The molecule has 0 radical (unpaired) electrons. The Morgan fingerprint density at radius 2 is 2.10 bits per heavy atom. The lowest BCUT2D eigenvalue weighted by Gasteiger charge is -2.33. The van der Waals surface area contributed by atoms with Crippen LogP contribution in [0.5, 0.6) is 0 Å². The first-order valence-corrected chi connectivity index (χ1v) is 9.11. The van der Waals surface area contributed by atoms with Gasteiger partial charge in [0, 0.05) is 24.9 Å². The Balaban J connectivity index is 2.65. The van der Waals surface area contributed by atoms with Crippen molar-refractivity contribution >= 4 is 40.0 Å². The molecule has 0 unspecified atom stereocenters. The van der Waals surface area contributed by atoms with Gasteiger partial charge in [0.1, 0.15) is 9.30 Å². The molecule has 1 aromatic heterocycles. The van der Waals surface area contributed by atoms with E-state index in [1.54, 1.807) is 16.2 Å². The fraction of sp³-hybridized carbons (Fsp3) is 0.733. The molecule has 0 aliphatic rings. The molecule has 0 aromatic carbocycles. The first-order valence-electron chi connectivity index (χ1n) is 7.16. The molecule has 0 aliphatic heterocycles. The first-order chi connectivity index (χ1) is 9.60. The fourth-order valence-electron chi connectivity index (χ4n) is 2.12. The van der Waals surface area contributed by atoms with Crippen LogP contribution in [0.1, 0.15) is 46.0 Å². The molecule has 0 N–H and O–H groups in total. The molecule has 1 amide bonds. The van der Waals surface area contributed by atoms with Gasteiger partial charge in [-0.05, 0) is 55.7 Å². The van der Waals surface area contributed by atoms with Gasteiger partial charge >= 0.3 is 6.09 Å². The Kier molecular flexibility index (Phi) is 6.90. The van der Waals surface area contributed by atoms with Crippen molar-refractivity contribution in [3.8, 4) is 0 Å². The molecular formula is C15H25IN2O2S. The topological polar surface area (TPSA) is 42.4 Å². The minimum atomic E-state index is -0.460. The Labute approximate surface area is 145 Å². The zero-order valence-electron chi connectivity index (χ0n) is 13.6. The van der Waals surface area contributed by atoms with Gasteiger partial charge in [-0.15, -0.1) is 11.3 Å². The average molecular weight is 424 g/mol. The number of halogens is 1. The van der Waals surface area contributed by atoms with E-state index in [1.807, 2.05) is 27.8 Å². The molecule has 1 aromatic rings. The lowest BCUT2D eigenvalue weighted by Crippen LogP contribution is -2.43. The van der Waals surface area contributed by atoms with E-state index < -0.39 is 5.60 Å². The summed E-state index contributed by atoms with van der Waals surface area (Å²) in [5.41, 5.74) is -0.460. The molecule has 120 valence electrons. The summed E-state index contributed by atoms with van der Waals surface area (Å²) in [5.74, 6) is 0.376. The van der Waals surface area contributed by atoms with Crippen LogP contribution in [0.25, 0.3) is 0 Å². The van der Waals surface area contributed by atoms with Crippen LogP contribution in [0.2, 0.25) is 0 Å². The van der Waals surface area contributed by atoms with E-state index in [0.717, 1.165) is 21.5 Å². The van der Waals surface area contributed by atoms with E-state index in [4.69, 9.17) is 4.74 Å². The Hall–Kier alpha value is -0.370. The maximum absolute atomic E-state index is 12.2. The number of nitrogens with zero attached hydrogens (tertiary/aromatic N) is 2. The number of ether oxygens (including phenoxy) is 1. The van der Waals surface area contributed by atoms with Crippen LogP contribution in [-0.2, 0) is 11.2 Å². The largest absolute Gasteiger partial charge is 0.444 e. The van der Waals surface area contributed by atoms with Gasteiger partial charge < -0.3 is 9.64 Å². The number of rotatable bonds is 5.